The minimum Gasteiger partial charge on any atom is -0.396 e. The molecule has 114 valence electrons. The van der Waals surface area contributed by atoms with Gasteiger partial charge in [0.15, 0.2) is 0 Å². The molecule has 0 unspecified atom stereocenters. The molecule has 0 atom stereocenters. The second-order valence-corrected chi connectivity index (χ2v) is 5.44. The van der Waals surface area contributed by atoms with Crippen LogP contribution in [0.3, 0.4) is 0 Å². The summed E-state index contributed by atoms with van der Waals surface area (Å²) in [4.78, 5) is 14.2. The van der Waals surface area contributed by atoms with Crippen molar-refractivity contribution in [3.63, 3.8) is 0 Å². The Balaban J connectivity index is 2.70. The number of carbonyl (C=O) groups is 1. The van der Waals surface area contributed by atoms with E-state index in [0.717, 1.165) is 25.0 Å². The first-order chi connectivity index (χ1) is 9.51. The molecule has 1 amide bonds. The molecular formula is C15H27N3O2. The van der Waals surface area contributed by atoms with Crippen LogP contribution >= 0.6 is 0 Å². The van der Waals surface area contributed by atoms with Gasteiger partial charge in [0.05, 0.1) is 5.69 Å². The van der Waals surface area contributed by atoms with Gasteiger partial charge >= 0.3 is 0 Å². The molecule has 0 saturated heterocycles. The molecule has 1 aromatic rings. The van der Waals surface area contributed by atoms with Crippen molar-refractivity contribution in [1.82, 2.24) is 14.7 Å². The first-order valence-electron chi connectivity index (χ1n) is 7.45. The van der Waals surface area contributed by atoms with Gasteiger partial charge < -0.3 is 10.0 Å². The Morgan fingerprint density at radius 2 is 2.10 bits per heavy atom. The molecule has 0 spiro atoms. The fraction of sp³-hybridized carbons (Fsp3) is 0.733. The van der Waals surface area contributed by atoms with E-state index in [-0.39, 0.29) is 12.5 Å². The normalized spacial score (nSPS) is 11.1. The van der Waals surface area contributed by atoms with Gasteiger partial charge in [0.2, 0.25) is 0 Å². The van der Waals surface area contributed by atoms with Crippen molar-refractivity contribution in [3.8, 4) is 0 Å². The lowest BCUT2D eigenvalue weighted by Crippen LogP contribution is -2.29. The molecule has 5 heteroatoms. The number of hydrogen-bond donors (Lipinski definition) is 1. The lowest BCUT2D eigenvalue weighted by atomic mass is 10.1. The minimum absolute atomic E-state index is 0.0234. The Hall–Kier alpha value is -1.36. The number of aromatic nitrogens is 2. The number of carbonyl (C=O) groups excluding carboxylic acids is 1. The largest absolute Gasteiger partial charge is 0.396 e. The molecule has 0 bridgehead atoms. The van der Waals surface area contributed by atoms with E-state index < -0.39 is 0 Å². The smallest absolute Gasteiger partial charge is 0.271 e. The second kappa shape index (κ2) is 8.04. The molecular weight excluding hydrogens is 254 g/mol. The lowest BCUT2D eigenvalue weighted by Gasteiger charge is -2.17. The van der Waals surface area contributed by atoms with Gasteiger partial charge in [-0.05, 0) is 38.2 Å². The van der Waals surface area contributed by atoms with Crippen molar-refractivity contribution in [3.05, 3.63) is 17.5 Å². The summed E-state index contributed by atoms with van der Waals surface area (Å²) in [5, 5.41) is 13.2. The van der Waals surface area contributed by atoms with E-state index >= 15 is 0 Å². The molecule has 1 heterocycles. The van der Waals surface area contributed by atoms with Gasteiger partial charge in [-0.15, -0.1) is 0 Å². The van der Waals surface area contributed by atoms with Crippen LogP contribution in [0.4, 0.5) is 0 Å². The van der Waals surface area contributed by atoms with Crippen molar-refractivity contribution >= 4 is 5.91 Å². The second-order valence-electron chi connectivity index (χ2n) is 5.44. The van der Waals surface area contributed by atoms with Gasteiger partial charge in [-0.3, -0.25) is 9.48 Å². The highest BCUT2D eigenvalue weighted by atomic mass is 16.2. The average molecular weight is 281 g/mol. The van der Waals surface area contributed by atoms with E-state index in [2.05, 4.69) is 18.9 Å². The Labute approximate surface area is 121 Å². The number of rotatable bonds is 8. The minimum atomic E-state index is 0.0234. The van der Waals surface area contributed by atoms with E-state index in [1.165, 1.54) is 0 Å². The number of aliphatic hydroxyl groups excluding tert-OH is 1. The summed E-state index contributed by atoms with van der Waals surface area (Å²) in [6.07, 6.45) is 2.66. The summed E-state index contributed by atoms with van der Waals surface area (Å²) in [7, 11) is 1.82. The van der Waals surface area contributed by atoms with E-state index in [9.17, 15) is 4.79 Å². The molecule has 0 saturated carbocycles. The molecule has 20 heavy (non-hydrogen) atoms. The van der Waals surface area contributed by atoms with Crippen LogP contribution in [-0.4, -0.2) is 45.9 Å². The number of hydrogen-bond acceptors (Lipinski definition) is 3. The summed E-state index contributed by atoms with van der Waals surface area (Å²) in [6.45, 7) is 7.79. The van der Waals surface area contributed by atoms with Crippen LogP contribution in [0.1, 0.15) is 62.1 Å². The van der Waals surface area contributed by atoms with Crippen molar-refractivity contribution < 1.29 is 9.90 Å². The van der Waals surface area contributed by atoms with Gasteiger partial charge in [-0.2, -0.15) is 5.10 Å². The fourth-order valence-electron chi connectivity index (χ4n) is 2.07. The Bertz CT molecular complexity index is 427. The van der Waals surface area contributed by atoms with Crippen LogP contribution in [0.2, 0.25) is 0 Å². The van der Waals surface area contributed by atoms with Crippen LogP contribution in [0.5, 0.6) is 0 Å². The first-order valence-corrected chi connectivity index (χ1v) is 7.45. The molecule has 5 nitrogen and oxygen atoms in total. The third-order valence-corrected chi connectivity index (χ3v) is 3.41. The lowest BCUT2D eigenvalue weighted by molar-refractivity contribution is 0.0780. The molecule has 0 fully saturated rings. The van der Waals surface area contributed by atoms with E-state index in [1.54, 1.807) is 9.58 Å². The average Bonchev–Trinajstić information content (AvgIpc) is 2.86. The molecule has 0 aromatic carbocycles. The Morgan fingerprint density at radius 3 is 2.65 bits per heavy atom. The first kappa shape index (κ1) is 16.7. The molecule has 0 radical (unpaired) electrons. The predicted molar refractivity (Wildman–Crippen MR) is 79.9 cm³/mol. The maximum Gasteiger partial charge on any atom is 0.271 e. The van der Waals surface area contributed by atoms with Gasteiger partial charge in [0.1, 0.15) is 5.69 Å². The highest BCUT2D eigenvalue weighted by Crippen LogP contribution is 2.16. The summed E-state index contributed by atoms with van der Waals surface area (Å²) < 4.78 is 1.78. The number of aryl methyl sites for hydroxylation is 1. The topological polar surface area (TPSA) is 58.4 Å². The van der Waals surface area contributed by atoms with Gasteiger partial charge in [-0.1, -0.05) is 13.8 Å². The predicted octanol–water partition coefficient (Wildman–Crippen LogP) is 2.26. The van der Waals surface area contributed by atoms with Gasteiger partial charge in [0, 0.05) is 26.7 Å². The molecule has 1 aromatic heterocycles. The summed E-state index contributed by atoms with van der Waals surface area (Å²) in [6, 6.07) is 1.90. The van der Waals surface area contributed by atoms with Crippen LogP contribution in [0.25, 0.3) is 0 Å². The molecule has 0 aliphatic heterocycles. The van der Waals surface area contributed by atoms with E-state index in [1.807, 2.05) is 20.0 Å². The molecule has 0 aliphatic rings. The van der Waals surface area contributed by atoms with Crippen LogP contribution in [-0.2, 0) is 6.54 Å². The van der Waals surface area contributed by atoms with Crippen LogP contribution in [0, 0.1) is 0 Å². The number of unbranched alkanes of at least 4 members (excludes halogenated alkanes) is 2. The van der Waals surface area contributed by atoms with Gasteiger partial charge in [-0.25, -0.2) is 0 Å². The number of nitrogens with zero attached hydrogens (tertiary/aromatic N) is 3. The van der Waals surface area contributed by atoms with Crippen LogP contribution < -0.4 is 0 Å². The Morgan fingerprint density at radius 1 is 1.40 bits per heavy atom. The SMILES string of the molecule is CCn1nc(C(C)C)cc1C(=O)N(C)CCCCCO. The zero-order chi connectivity index (χ0) is 15.1. The van der Waals surface area contributed by atoms with Crippen molar-refractivity contribution in [1.29, 1.82) is 0 Å². The highest BCUT2D eigenvalue weighted by Gasteiger charge is 2.19. The molecule has 1 rings (SSSR count). The van der Waals surface area contributed by atoms with Crippen LogP contribution in [0.15, 0.2) is 6.07 Å². The number of amides is 1. The standard InChI is InChI=1S/C15H27N3O2/c1-5-18-14(11-13(16-18)12(2)3)15(20)17(4)9-7-6-8-10-19/h11-12,19H,5-10H2,1-4H3. The van der Waals surface area contributed by atoms with Crippen molar-refractivity contribution in [2.24, 2.45) is 0 Å². The maximum atomic E-state index is 12.4. The number of aliphatic hydroxyl groups is 1. The Kier molecular flexibility index (Phi) is 6.71. The zero-order valence-electron chi connectivity index (χ0n) is 13.1. The maximum absolute atomic E-state index is 12.4. The quantitative estimate of drug-likeness (QED) is 0.744. The monoisotopic (exact) mass is 281 g/mol. The fourth-order valence-corrected chi connectivity index (χ4v) is 2.07. The molecule has 1 N–H and O–H groups in total. The summed E-state index contributed by atoms with van der Waals surface area (Å²) in [5.74, 6) is 0.347. The summed E-state index contributed by atoms with van der Waals surface area (Å²) in [5.41, 5.74) is 1.63. The molecule has 0 aliphatic carbocycles. The van der Waals surface area contributed by atoms with E-state index in [4.69, 9.17) is 5.11 Å². The van der Waals surface area contributed by atoms with E-state index in [0.29, 0.717) is 24.7 Å². The van der Waals surface area contributed by atoms with Crippen molar-refractivity contribution in [2.45, 2.75) is 52.5 Å². The third-order valence-electron chi connectivity index (χ3n) is 3.41. The highest BCUT2D eigenvalue weighted by molar-refractivity contribution is 5.92. The third kappa shape index (κ3) is 4.34. The zero-order valence-corrected chi connectivity index (χ0v) is 13.1. The van der Waals surface area contributed by atoms with Crippen molar-refractivity contribution in [2.75, 3.05) is 20.2 Å². The summed E-state index contributed by atoms with van der Waals surface area (Å²) >= 11 is 0. The van der Waals surface area contributed by atoms with Gasteiger partial charge in [0.25, 0.3) is 5.91 Å².